The normalized spacial score (nSPS) is 11.9. The molecule has 0 N–H and O–H groups in total. The molecule has 0 atom stereocenters. The number of rotatable bonds is 7. The van der Waals surface area contributed by atoms with E-state index in [9.17, 15) is 13.6 Å². The van der Waals surface area contributed by atoms with E-state index in [0.717, 1.165) is 18.2 Å². The van der Waals surface area contributed by atoms with Gasteiger partial charge in [-0.1, -0.05) is 27.7 Å². The average molecular weight is 283 g/mol. The van der Waals surface area contributed by atoms with Crippen LogP contribution >= 0.6 is 0 Å². The Hall–Kier alpha value is -1.29. The molecule has 2 nitrogen and oxygen atoms in total. The number of hydrogen-bond donors (Lipinski definition) is 0. The van der Waals surface area contributed by atoms with Crippen LogP contribution in [0, 0.1) is 11.6 Å². The van der Waals surface area contributed by atoms with Crippen molar-refractivity contribution in [2.24, 2.45) is 0 Å². The lowest BCUT2D eigenvalue weighted by atomic mass is 9.82. The number of Topliss-reactive ketones (excluding diaryl/α,β-unsaturated/α-hetero) is 1. The molecule has 0 aromatic heterocycles. The second-order valence-electron chi connectivity index (χ2n) is 4.86. The second kappa shape index (κ2) is 6.93. The average Bonchev–Trinajstić information content (AvgIpc) is 2.46. The molecule has 1 aromatic rings. The summed E-state index contributed by atoms with van der Waals surface area (Å²) in [6, 6.07) is 3.05. The summed E-state index contributed by atoms with van der Waals surface area (Å²) < 4.78 is 27.2. The molecule has 0 aliphatic carbocycles. The summed E-state index contributed by atoms with van der Waals surface area (Å²) in [6.45, 7) is 9.16. The lowest BCUT2D eigenvalue weighted by Crippen LogP contribution is -2.54. The molecule has 0 spiro atoms. The Balaban J connectivity index is 3.34. The van der Waals surface area contributed by atoms with Crippen LogP contribution in [0.1, 0.15) is 50.9 Å². The number of carbonyl (C=O) groups is 1. The van der Waals surface area contributed by atoms with Crippen molar-refractivity contribution < 1.29 is 13.6 Å². The number of halogens is 2. The van der Waals surface area contributed by atoms with E-state index in [-0.39, 0.29) is 11.3 Å². The number of hydrogen-bond acceptors (Lipinski definition) is 2. The van der Waals surface area contributed by atoms with Crippen LogP contribution in [-0.4, -0.2) is 29.3 Å². The predicted molar refractivity (Wildman–Crippen MR) is 76.9 cm³/mol. The second-order valence-corrected chi connectivity index (χ2v) is 4.86. The van der Waals surface area contributed by atoms with E-state index >= 15 is 0 Å². The summed E-state index contributed by atoms with van der Waals surface area (Å²) >= 11 is 0. The molecule has 0 fully saturated rings. The van der Waals surface area contributed by atoms with E-state index in [1.807, 2.05) is 32.6 Å². The maximum atomic E-state index is 13.9. The van der Waals surface area contributed by atoms with Gasteiger partial charge in [0, 0.05) is 0 Å². The van der Waals surface area contributed by atoms with Gasteiger partial charge in [-0.2, -0.15) is 0 Å². The molecule has 0 aliphatic heterocycles. The summed E-state index contributed by atoms with van der Waals surface area (Å²) in [6.07, 6.45) is 1.14. The zero-order valence-corrected chi connectivity index (χ0v) is 12.7. The minimum Gasteiger partial charge on any atom is -0.292 e. The van der Waals surface area contributed by atoms with Gasteiger partial charge in [-0.05, 0) is 44.1 Å². The molecule has 1 rings (SSSR count). The van der Waals surface area contributed by atoms with E-state index in [2.05, 4.69) is 0 Å². The van der Waals surface area contributed by atoms with Crippen LogP contribution in [0.25, 0.3) is 0 Å². The van der Waals surface area contributed by atoms with Crippen LogP contribution in [0.3, 0.4) is 0 Å². The van der Waals surface area contributed by atoms with Gasteiger partial charge >= 0.3 is 0 Å². The van der Waals surface area contributed by atoms with E-state index < -0.39 is 17.2 Å². The molecule has 1 aromatic carbocycles. The van der Waals surface area contributed by atoms with Crippen molar-refractivity contribution >= 4 is 5.78 Å². The van der Waals surface area contributed by atoms with Crippen LogP contribution in [0.15, 0.2) is 18.2 Å². The Morgan fingerprint density at radius 1 is 1.10 bits per heavy atom. The lowest BCUT2D eigenvalue weighted by molar-refractivity contribution is 0.0530. The van der Waals surface area contributed by atoms with Crippen LogP contribution < -0.4 is 0 Å². The van der Waals surface area contributed by atoms with Crippen LogP contribution in [0.5, 0.6) is 0 Å². The highest BCUT2D eigenvalue weighted by Gasteiger charge is 2.40. The van der Waals surface area contributed by atoms with E-state index in [1.165, 1.54) is 0 Å². The number of ketones is 1. The van der Waals surface area contributed by atoms with Crippen molar-refractivity contribution in [1.82, 2.24) is 4.90 Å². The largest absolute Gasteiger partial charge is 0.292 e. The first-order valence-corrected chi connectivity index (χ1v) is 7.21. The van der Waals surface area contributed by atoms with Gasteiger partial charge in [0.2, 0.25) is 0 Å². The first kappa shape index (κ1) is 16.8. The van der Waals surface area contributed by atoms with Crippen LogP contribution in [0.2, 0.25) is 0 Å². The fourth-order valence-corrected chi connectivity index (χ4v) is 2.91. The quantitative estimate of drug-likeness (QED) is 0.704. The maximum Gasteiger partial charge on any atom is 0.186 e. The van der Waals surface area contributed by atoms with Crippen molar-refractivity contribution in [2.75, 3.05) is 13.1 Å². The third kappa shape index (κ3) is 2.90. The van der Waals surface area contributed by atoms with Gasteiger partial charge in [-0.15, -0.1) is 0 Å². The van der Waals surface area contributed by atoms with E-state index in [1.54, 1.807) is 0 Å². The van der Waals surface area contributed by atoms with Crippen molar-refractivity contribution in [1.29, 1.82) is 0 Å². The molecule has 0 unspecified atom stereocenters. The molecular weight excluding hydrogens is 260 g/mol. The van der Waals surface area contributed by atoms with Gasteiger partial charge in [0.25, 0.3) is 0 Å². The van der Waals surface area contributed by atoms with Gasteiger partial charge in [-0.3, -0.25) is 9.69 Å². The van der Waals surface area contributed by atoms with E-state index in [0.29, 0.717) is 25.9 Å². The number of nitrogens with zero attached hydrogens (tertiary/aromatic N) is 1. The standard InChI is InChI=1S/C16H23F2NO/c1-5-16(6-2,19(7-3)8-4)15(20)13-11-12(17)9-10-14(13)18/h9-11H,5-8H2,1-4H3. The Morgan fingerprint density at radius 2 is 1.65 bits per heavy atom. The van der Waals surface area contributed by atoms with Gasteiger partial charge in [0.15, 0.2) is 5.78 Å². The Morgan fingerprint density at radius 3 is 2.10 bits per heavy atom. The zero-order chi connectivity index (χ0) is 15.3. The molecule has 4 heteroatoms. The van der Waals surface area contributed by atoms with Gasteiger partial charge in [-0.25, -0.2) is 8.78 Å². The van der Waals surface area contributed by atoms with Crippen molar-refractivity contribution in [3.05, 3.63) is 35.4 Å². The lowest BCUT2D eigenvalue weighted by Gasteiger charge is -2.41. The molecule has 0 saturated carbocycles. The number of likely N-dealkylation sites (N-methyl/N-ethyl adjacent to an activating group) is 1. The Kier molecular flexibility index (Phi) is 5.81. The summed E-state index contributed by atoms with van der Waals surface area (Å²) in [4.78, 5) is 14.8. The fraction of sp³-hybridized carbons (Fsp3) is 0.562. The highest BCUT2D eigenvalue weighted by Crippen LogP contribution is 2.29. The first-order valence-electron chi connectivity index (χ1n) is 7.21. The SMILES string of the molecule is CCN(CC)C(CC)(CC)C(=O)c1cc(F)ccc1F. The van der Waals surface area contributed by atoms with Gasteiger partial charge < -0.3 is 0 Å². The Bertz CT molecular complexity index is 466. The summed E-state index contributed by atoms with van der Waals surface area (Å²) in [5.74, 6) is -1.58. The summed E-state index contributed by atoms with van der Waals surface area (Å²) in [5.41, 5.74) is -0.918. The third-order valence-electron chi connectivity index (χ3n) is 4.13. The highest BCUT2D eigenvalue weighted by molar-refractivity contribution is 6.03. The summed E-state index contributed by atoms with van der Waals surface area (Å²) in [7, 11) is 0. The predicted octanol–water partition coefficient (Wildman–Crippen LogP) is 4.05. The first-order chi connectivity index (χ1) is 9.46. The molecule has 20 heavy (non-hydrogen) atoms. The van der Waals surface area contributed by atoms with Crippen molar-refractivity contribution in [3.8, 4) is 0 Å². The monoisotopic (exact) mass is 283 g/mol. The number of carbonyl (C=O) groups excluding carboxylic acids is 1. The van der Waals surface area contributed by atoms with Crippen molar-refractivity contribution in [3.63, 3.8) is 0 Å². The van der Waals surface area contributed by atoms with Gasteiger partial charge in [0.1, 0.15) is 11.6 Å². The Labute approximate surface area is 119 Å². The van der Waals surface area contributed by atoms with Crippen molar-refractivity contribution in [2.45, 2.75) is 46.1 Å². The minimum atomic E-state index is -0.766. The van der Waals surface area contributed by atoms with Crippen LogP contribution in [-0.2, 0) is 0 Å². The molecular formula is C16H23F2NO. The minimum absolute atomic E-state index is 0.152. The summed E-state index contributed by atoms with van der Waals surface area (Å²) in [5, 5.41) is 0. The van der Waals surface area contributed by atoms with Gasteiger partial charge in [0.05, 0.1) is 11.1 Å². The van der Waals surface area contributed by atoms with Crippen LogP contribution in [0.4, 0.5) is 8.78 Å². The fourth-order valence-electron chi connectivity index (χ4n) is 2.91. The van der Waals surface area contributed by atoms with E-state index in [4.69, 9.17) is 0 Å². The zero-order valence-electron chi connectivity index (χ0n) is 12.7. The topological polar surface area (TPSA) is 20.3 Å². The smallest absolute Gasteiger partial charge is 0.186 e. The molecule has 0 saturated heterocycles. The molecule has 0 amide bonds. The molecule has 0 bridgehead atoms. The highest BCUT2D eigenvalue weighted by atomic mass is 19.1. The third-order valence-corrected chi connectivity index (χ3v) is 4.13. The molecule has 112 valence electrons. The molecule has 0 heterocycles. The molecule has 0 aliphatic rings. The number of benzene rings is 1. The molecule has 0 radical (unpaired) electrons. The maximum absolute atomic E-state index is 13.9.